The quantitative estimate of drug-likeness (QED) is 0.306. The SMILES string of the molecule is O=[N+]([O-])c1ccccc1-c1ccc(/C=N\Nc2c(Cl)cc(Cl)cc2Cl)o1. The van der Waals surface area contributed by atoms with Gasteiger partial charge in [0.05, 0.1) is 32.4 Å². The lowest BCUT2D eigenvalue weighted by Crippen LogP contribution is -1.92. The van der Waals surface area contributed by atoms with Crippen molar-refractivity contribution in [1.82, 2.24) is 0 Å². The fraction of sp³-hybridized carbons (Fsp3) is 0. The van der Waals surface area contributed by atoms with Gasteiger partial charge in [0, 0.05) is 11.1 Å². The third-order valence-corrected chi connectivity index (χ3v) is 4.18. The lowest BCUT2D eigenvalue weighted by atomic mass is 10.1. The van der Waals surface area contributed by atoms with Gasteiger partial charge in [0.25, 0.3) is 5.69 Å². The van der Waals surface area contributed by atoms with E-state index in [2.05, 4.69) is 10.5 Å². The summed E-state index contributed by atoms with van der Waals surface area (Å²) >= 11 is 18.0. The molecule has 0 fully saturated rings. The van der Waals surface area contributed by atoms with Crippen LogP contribution in [0.15, 0.2) is 58.0 Å². The van der Waals surface area contributed by atoms with Crippen LogP contribution >= 0.6 is 34.8 Å². The van der Waals surface area contributed by atoms with Crippen molar-refractivity contribution in [2.75, 3.05) is 5.43 Å². The lowest BCUT2D eigenvalue weighted by molar-refractivity contribution is -0.384. The zero-order valence-electron chi connectivity index (χ0n) is 12.9. The molecule has 0 aliphatic carbocycles. The average molecular weight is 411 g/mol. The number of nitro benzene ring substituents is 1. The Labute approximate surface area is 163 Å². The van der Waals surface area contributed by atoms with E-state index in [1.807, 2.05) is 0 Å². The fourth-order valence-electron chi connectivity index (χ4n) is 2.22. The topological polar surface area (TPSA) is 80.7 Å². The normalized spacial score (nSPS) is 11.0. The first-order valence-electron chi connectivity index (χ1n) is 7.23. The highest BCUT2D eigenvalue weighted by molar-refractivity contribution is 6.41. The molecule has 6 nitrogen and oxygen atoms in total. The molecule has 3 rings (SSSR count). The van der Waals surface area contributed by atoms with Crippen molar-refractivity contribution >= 4 is 52.4 Å². The summed E-state index contributed by atoms with van der Waals surface area (Å²) in [6.07, 6.45) is 1.40. The summed E-state index contributed by atoms with van der Waals surface area (Å²) in [5.74, 6) is 0.758. The minimum atomic E-state index is -0.461. The maximum atomic E-state index is 11.1. The number of anilines is 1. The average Bonchev–Trinajstić information content (AvgIpc) is 3.06. The smallest absolute Gasteiger partial charge is 0.280 e. The molecule has 1 N–H and O–H groups in total. The molecule has 0 aliphatic rings. The van der Waals surface area contributed by atoms with Crippen LogP contribution in [-0.4, -0.2) is 11.1 Å². The van der Waals surface area contributed by atoms with Crippen molar-refractivity contribution in [3.8, 4) is 11.3 Å². The van der Waals surface area contributed by atoms with Gasteiger partial charge in [0.2, 0.25) is 0 Å². The van der Waals surface area contributed by atoms with Crippen molar-refractivity contribution in [2.24, 2.45) is 5.10 Å². The van der Waals surface area contributed by atoms with Crippen LogP contribution in [0.4, 0.5) is 11.4 Å². The molecule has 2 aromatic carbocycles. The molecule has 132 valence electrons. The van der Waals surface area contributed by atoms with Crippen molar-refractivity contribution in [1.29, 1.82) is 0 Å². The van der Waals surface area contributed by atoms with Crippen molar-refractivity contribution in [2.45, 2.75) is 0 Å². The summed E-state index contributed by atoms with van der Waals surface area (Å²) in [6, 6.07) is 12.7. The highest BCUT2D eigenvalue weighted by Crippen LogP contribution is 2.34. The first-order valence-corrected chi connectivity index (χ1v) is 8.36. The Balaban J connectivity index is 1.80. The predicted molar refractivity (Wildman–Crippen MR) is 103 cm³/mol. The minimum absolute atomic E-state index is 0.0387. The van der Waals surface area contributed by atoms with Crippen LogP contribution in [0.5, 0.6) is 0 Å². The Morgan fingerprint density at radius 1 is 1.08 bits per heavy atom. The third-order valence-electron chi connectivity index (χ3n) is 3.37. The van der Waals surface area contributed by atoms with Gasteiger partial charge in [-0.3, -0.25) is 15.5 Å². The molecule has 0 saturated heterocycles. The van der Waals surface area contributed by atoms with Gasteiger partial charge in [-0.1, -0.05) is 46.9 Å². The first kappa shape index (κ1) is 18.3. The Hall–Kier alpha value is -2.54. The molecular formula is C17H10Cl3N3O3. The minimum Gasteiger partial charge on any atom is -0.455 e. The zero-order valence-corrected chi connectivity index (χ0v) is 15.2. The molecule has 0 atom stereocenters. The molecule has 3 aromatic rings. The Morgan fingerprint density at radius 3 is 2.46 bits per heavy atom. The summed E-state index contributed by atoms with van der Waals surface area (Å²) in [5, 5.41) is 16.2. The molecular weight excluding hydrogens is 401 g/mol. The highest BCUT2D eigenvalue weighted by Gasteiger charge is 2.16. The number of halogens is 3. The number of nitro groups is 1. The number of hydrogen-bond acceptors (Lipinski definition) is 5. The maximum Gasteiger partial charge on any atom is 0.280 e. The number of para-hydroxylation sites is 1. The van der Waals surface area contributed by atoms with E-state index in [1.165, 1.54) is 24.4 Å². The van der Waals surface area contributed by atoms with Gasteiger partial charge in [-0.2, -0.15) is 5.10 Å². The van der Waals surface area contributed by atoms with E-state index < -0.39 is 4.92 Å². The van der Waals surface area contributed by atoms with Crippen LogP contribution in [0.3, 0.4) is 0 Å². The maximum absolute atomic E-state index is 11.1. The molecule has 0 bridgehead atoms. The summed E-state index contributed by atoms with van der Waals surface area (Å²) in [6.45, 7) is 0. The van der Waals surface area contributed by atoms with E-state index in [1.54, 1.807) is 30.3 Å². The second-order valence-electron chi connectivity index (χ2n) is 5.09. The Bertz CT molecular complexity index is 979. The molecule has 0 radical (unpaired) electrons. The van der Waals surface area contributed by atoms with E-state index in [0.717, 1.165) is 0 Å². The highest BCUT2D eigenvalue weighted by atomic mass is 35.5. The number of rotatable bonds is 5. The molecule has 9 heteroatoms. The van der Waals surface area contributed by atoms with Gasteiger partial charge >= 0.3 is 0 Å². The van der Waals surface area contributed by atoms with Crippen LogP contribution in [0.25, 0.3) is 11.3 Å². The predicted octanol–water partition coefficient (Wildman–Crippen LogP) is 6.26. The van der Waals surface area contributed by atoms with Crippen LogP contribution in [0, 0.1) is 10.1 Å². The molecule has 0 unspecified atom stereocenters. The number of benzene rings is 2. The molecule has 0 aliphatic heterocycles. The van der Waals surface area contributed by atoms with Crippen LogP contribution < -0.4 is 5.43 Å². The monoisotopic (exact) mass is 409 g/mol. The second kappa shape index (κ2) is 7.78. The van der Waals surface area contributed by atoms with E-state index in [4.69, 9.17) is 39.2 Å². The van der Waals surface area contributed by atoms with E-state index in [-0.39, 0.29) is 5.69 Å². The number of nitrogens with zero attached hydrogens (tertiary/aromatic N) is 2. The third kappa shape index (κ3) is 3.99. The standard InChI is InChI=1S/C17H10Cl3N3O3/c18-10-7-13(19)17(14(20)8-10)22-21-9-11-5-6-16(26-11)12-3-1-2-4-15(12)23(24)25/h1-9,22H/b21-9-. The summed E-state index contributed by atoms with van der Waals surface area (Å²) in [7, 11) is 0. The number of hydrogen-bond donors (Lipinski definition) is 1. The van der Waals surface area contributed by atoms with E-state index in [9.17, 15) is 10.1 Å². The number of hydrazone groups is 1. The summed E-state index contributed by atoms with van der Waals surface area (Å²) in [4.78, 5) is 10.7. The lowest BCUT2D eigenvalue weighted by Gasteiger charge is -2.06. The number of furan rings is 1. The van der Waals surface area contributed by atoms with Gasteiger partial charge in [-0.15, -0.1) is 0 Å². The van der Waals surface area contributed by atoms with Crippen molar-refractivity contribution in [3.05, 3.63) is 79.5 Å². The van der Waals surface area contributed by atoms with Crippen molar-refractivity contribution in [3.63, 3.8) is 0 Å². The van der Waals surface area contributed by atoms with Crippen molar-refractivity contribution < 1.29 is 9.34 Å². The fourth-order valence-corrected chi connectivity index (χ4v) is 3.12. The van der Waals surface area contributed by atoms with E-state index >= 15 is 0 Å². The zero-order chi connectivity index (χ0) is 18.7. The summed E-state index contributed by atoms with van der Waals surface area (Å²) < 4.78 is 5.60. The van der Waals surface area contributed by atoms with E-state index in [0.29, 0.717) is 37.8 Å². The van der Waals surface area contributed by atoms with Gasteiger partial charge in [-0.25, -0.2) is 0 Å². The first-order chi connectivity index (χ1) is 12.5. The molecule has 0 spiro atoms. The number of nitrogens with one attached hydrogen (secondary N) is 1. The van der Waals surface area contributed by atoms with Gasteiger partial charge < -0.3 is 4.42 Å². The van der Waals surface area contributed by atoms with Crippen LogP contribution in [0.1, 0.15) is 5.76 Å². The molecule has 1 heterocycles. The van der Waals surface area contributed by atoms with Gasteiger partial charge in [-0.05, 0) is 30.3 Å². The Morgan fingerprint density at radius 2 is 1.77 bits per heavy atom. The molecule has 1 aromatic heterocycles. The Kier molecular flexibility index (Phi) is 5.46. The molecule has 0 amide bonds. The van der Waals surface area contributed by atoms with Crippen LogP contribution in [0.2, 0.25) is 15.1 Å². The summed E-state index contributed by atoms with van der Waals surface area (Å²) in [5.41, 5.74) is 3.46. The largest absolute Gasteiger partial charge is 0.455 e. The van der Waals surface area contributed by atoms with Gasteiger partial charge in [0.1, 0.15) is 11.5 Å². The molecule has 0 saturated carbocycles. The second-order valence-corrected chi connectivity index (χ2v) is 6.34. The van der Waals surface area contributed by atoms with Gasteiger partial charge in [0.15, 0.2) is 0 Å². The van der Waals surface area contributed by atoms with Crippen LogP contribution in [-0.2, 0) is 0 Å². The molecule has 26 heavy (non-hydrogen) atoms.